The van der Waals surface area contributed by atoms with Gasteiger partial charge in [0.15, 0.2) is 0 Å². The number of nitrogens with one attached hydrogen (secondary N) is 1. The number of nitrogens with zero attached hydrogens (tertiary/aromatic N) is 4. The molecular formula is C38H31N5O5. The lowest BCUT2D eigenvalue weighted by atomic mass is 9.40. The average Bonchev–Trinajstić information content (AvgIpc) is 3.53. The molecule has 3 fully saturated rings. The third-order valence-electron chi connectivity index (χ3n) is 10.7. The van der Waals surface area contributed by atoms with Crippen LogP contribution in [0.4, 0.5) is 0 Å². The second-order valence-corrected chi connectivity index (χ2v) is 13.0. The summed E-state index contributed by atoms with van der Waals surface area (Å²) in [6.45, 7) is 1.73. The number of rotatable bonds is 7. The van der Waals surface area contributed by atoms with E-state index in [1.165, 1.54) is 9.80 Å². The Hall–Kier alpha value is -5.77. The van der Waals surface area contributed by atoms with Gasteiger partial charge in [-0.15, -0.1) is 0 Å². The van der Waals surface area contributed by atoms with Gasteiger partial charge in [0.2, 0.25) is 23.6 Å². The molecule has 4 aromatic rings. The molecule has 4 heterocycles. The molecule has 2 saturated heterocycles. The zero-order valence-electron chi connectivity index (χ0n) is 26.0. The van der Waals surface area contributed by atoms with E-state index in [1.54, 1.807) is 86.3 Å². The number of carbonyl (C=O) groups is 5. The average molecular weight is 638 g/mol. The molecule has 2 aromatic heterocycles. The minimum absolute atomic E-state index is 0.0322. The van der Waals surface area contributed by atoms with E-state index in [0.29, 0.717) is 27.8 Å². The summed E-state index contributed by atoms with van der Waals surface area (Å²) in [5.74, 6) is -6.87. The van der Waals surface area contributed by atoms with Crippen LogP contribution in [0.1, 0.15) is 34.0 Å². The lowest BCUT2D eigenvalue weighted by Crippen LogP contribution is -2.75. The minimum atomic E-state index is -1.66. The highest BCUT2D eigenvalue weighted by atomic mass is 16.2. The van der Waals surface area contributed by atoms with Crippen molar-refractivity contribution in [2.24, 2.45) is 23.7 Å². The van der Waals surface area contributed by atoms with Crippen molar-refractivity contribution < 1.29 is 24.0 Å². The second-order valence-electron chi connectivity index (χ2n) is 13.0. The van der Waals surface area contributed by atoms with Gasteiger partial charge < -0.3 is 5.32 Å². The Kier molecular flexibility index (Phi) is 6.73. The first kappa shape index (κ1) is 29.6. The van der Waals surface area contributed by atoms with Crippen LogP contribution in [0.25, 0.3) is 0 Å². The molecule has 238 valence electrons. The Bertz CT molecular complexity index is 1910. The number of amides is 5. The Morgan fingerprint density at radius 3 is 1.62 bits per heavy atom. The van der Waals surface area contributed by atoms with E-state index < -0.39 is 64.2 Å². The van der Waals surface area contributed by atoms with Crippen LogP contribution in [0.5, 0.6) is 0 Å². The monoisotopic (exact) mass is 637 g/mol. The van der Waals surface area contributed by atoms with Crippen LogP contribution in [-0.4, -0.2) is 54.8 Å². The molecule has 2 aliphatic heterocycles. The van der Waals surface area contributed by atoms with E-state index in [2.05, 4.69) is 15.3 Å². The van der Waals surface area contributed by atoms with Gasteiger partial charge in [0.25, 0.3) is 5.91 Å². The predicted molar refractivity (Wildman–Crippen MR) is 172 cm³/mol. The van der Waals surface area contributed by atoms with E-state index in [4.69, 9.17) is 0 Å². The van der Waals surface area contributed by atoms with Gasteiger partial charge in [-0.2, -0.15) is 0 Å². The summed E-state index contributed by atoms with van der Waals surface area (Å²) in [5, 5.41) is 3.14. The maximum Gasteiger partial charge on any atom is 0.252 e. The van der Waals surface area contributed by atoms with Gasteiger partial charge in [0.1, 0.15) is 0 Å². The Labute approximate surface area is 276 Å². The number of allylic oxidation sites excluding steroid dienone is 1. The van der Waals surface area contributed by atoms with E-state index in [1.807, 2.05) is 36.4 Å². The molecule has 48 heavy (non-hydrogen) atoms. The Balaban J connectivity index is 1.36. The van der Waals surface area contributed by atoms with Crippen LogP contribution in [0.3, 0.4) is 0 Å². The molecule has 10 heteroatoms. The van der Waals surface area contributed by atoms with Crippen molar-refractivity contribution in [3.63, 3.8) is 0 Å². The topological polar surface area (TPSA) is 130 Å². The summed E-state index contributed by atoms with van der Waals surface area (Å²) in [6.07, 6.45) is 8.29. The first-order valence-corrected chi connectivity index (χ1v) is 15.9. The zero-order chi connectivity index (χ0) is 33.2. The lowest BCUT2D eigenvalue weighted by molar-refractivity contribution is -0.144. The van der Waals surface area contributed by atoms with Gasteiger partial charge in [-0.1, -0.05) is 66.7 Å². The fourth-order valence-electron chi connectivity index (χ4n) is 8.80. The number of hydrogen-bond donors (Lipinski definition) is 1. The molecule has 2 bridgehead atoms. The van der Waals surface area contributed by atoms with Crippen LogP contribution >= 0.6 is 0 Å². The summed E-state index contributed by atoms with van der Waals surface area (Å²) in [7, 11) is 0. The molecule has 1 saturated carbocycles. The van der Waals surface area contributed by atoms with Crippen molar-refractivity contribution in [1.29, 1.82) is 0 Å². The molecule has 2 aromatic carbocycles. The van der Waals surface area contributed by atoms with E-state index in [-0.39, 0.29) is 13.1 Å². The Morgan fingerprint density at radius 2 is 1.15 bits per heavy atom. The first-order chi connectivity index (χ1) is 23.3. The first-order valence-electron chi connectivity index (χ1n) is 15.9. The summed E-state index contributed by atoms with van der Waals surface area (Å²) in [6, 6.07) is 24.7. The van der Waals surface area contributed by atoms with Crippen molar-refractivity contribution in [2.45, 2.75) is 31.0 Å². The molecular weight excluding hydrogens is 606 g/mol. The molecule has 0 radical (unpaired) electrons. The van der Waals surface area contributed by atoms with Crippen molar-refractivity contribution in [1.82, 2.24) is 25.1 Å². The number of carbonyl (C=O) groups excluding carboxylic acids is 5. The van der Waals surface area contributed by atoms with E-state index >= 15 is 0 Å². The third kappa shape index (κ3) is 4.01. The van der Waals surface area contributed by atoms with Crippen molar-refractivity contribution in [2.75, 3.05) is 0 Å². The standard InChI is InChI=1S/C38H31N5O5/c1-23-18-37(27-14-6-3-7-15-27)28-30(35(47)42(33(28)45)21-24-10-8-16-39-19-24)38(23,41-32(44)26-12-4-2-5-13-26)31-29(37)34(46)43(36(31)48)22-25-11-9-17-40-20-25/h2-20,28-31H,21-22H2,1H3,(H,41,44)/t28-,29+,30+,31-,37?,38?. The zero-order valence-corrected chi connectivity index (χ0v) is 26.0. The van der Waals surface area contributed by atoms with Gasteiger partial charge >= 0.3 is 0 Å². The normalized spacial score (nSPS) is 28.7. The number of hydrogen-bond acceptors (Lipinski definition) is 7. The van der Waals surface area contributed by atoms with E-state index in [9.17, 15) is 24.0 Å². The maximum absolute atomic E-state index is 14.8. The summed E-state index contributed by atoms with van der Waals surface area (Å²) in [4.78, 5) is 84.1. The molecule has 5 amide bonds. The molecule has 0 spiro atoms. The fraction of sp³-hybridized carbons (Fsp3) is 0.237. The van der Waals surface area contributed by atoms with Gasteiger partial charge in [0.05, 0.1) is 42.3 Å². The van der Waals surface area contributed by atoms with Gasteiger partial charge in [-0.25, -0.2) is 0 Å². The van der Waals surface area contributed by atoms with Crippen LogP contribution in [0, 0.1) is 23.7 Å². The molecule has 3 aliphatic carbocycles. The van der Waals surface area contributed by atoms with Crippen molar-refractivity contribution >= 4 is 29.5 Å². The molecule has 5 aliphatic rings. The lowest BCUT2D eigenvalue weighted by Gasteiger charge is -2.61. The quantitative estimate of drug-likeness (QED) is 0.243. The maximum atomic E-state index is 14.8. The highest BCUT2D eigenvalue weighted by Gasteiger charge is 2.81. The molecule has 2 unspecified atom stereocenters. The van der Waals surface area contributed by atoms with Crippen LogP contribution < -0.4 is 5.32 Å². The van der Waals surface area contributed by atoms with Crippen molar-refractivity contribution in [3.05, 3.63) is 144 Å². The number of benzene rings is 2. The van der Waals surface area contributed by atoms with Crippen LogP contribution in [0.15, 0.2) is 121 Å². The highest BCUT2D eigenvalue weighted by Crippen LogP contribution is 2.68. The summed E-state index contributed by atoms with van der Waals surface area (Å²) in [5.41, 5.74) is -0.149. The number of imide groups is 2. The number of likely N-dealkylation sites (tertiary alicyclic amines) is 2. The third-order valence-corrected chi connectivity index (χ3v) is 10.7. The van der Waals surface area contributed by atoms with Crippen LogP contribution in [-0.2, 0) is 37.7 Å². The highest BCUT2D eigenvalue weighted by molar-refractivity contribution is 6.14. The molecule has 9 rings (SSSR count). The van der Waals surface area contributed by atoms with E-state index in [0.717, 1.165) is 0 Å². The Morgan fingerprint density at radius 1 is 0.667 bits per heavy atom. The summed E-state index contributed by atoms with van der Waals surface area (Å²) >= 11 is 0. The van der Waals surface area contributed by atoms with Crippen LogP contribution in [0.2, 0.25) is 0 Å². The van der Waals surface area contributed by atoms with Gasteiger partial charge in [-0.3, -0.25) is 43.7 Å². The minimum Gasteiger partial charge on any atom is -0.341 e. The largest absolute Gasteiger partial charge is 0.341 e. The number of aromatic nitrogens is 2. The molecule has 1 N–H and O–H groups in total. The number of pyridine rings is 2. The molecule has 6 atom stereocenters. The smallest absolute Gasteiger partial charge is 0.252 e. The van der Waals surface area contributed by atoms with Crippen molar-refractivity contribution in [3.8, 4) is 0 Å². The van der Waals surface area contributed by atoms with Gasteiger partial charge in [0, 0.05) is 35.8 Å². The SMILES string of the molecule is CC1=CC2(c3ccccc3)[C@@H]3C(=O)N(Cc4cccnc4)C(=O)[C@@H]3C1(NC(=O)c1ccccc1)[C@@H]1C(=O)N(Cc3cccnc3)C(=O)[C@@H]12. The second kappa shape index (κ2) is 10.9. The fourth-order valence-corrected chi connectivity index (χ4v) is 8.80. The van der Waals surface area contributed by atoms with Gasteiger partial charge in [-0.05, 0) is 53.5 Å². The summed E-state index contributed by atoms with van der Waals surface area (Å²) < 4.78 is 0. The molecule has 10 nitrogen and oxygen atoms in total. The predicted octanol–water partition coefficient (Wildman–Crippen LogP) is 3.46.